The van der Waals surface area contributed by atoms with Gasteiger partial charge in [-0.15, -0.1) is 0 Å². The number of benzene rings is 1. The SMILES string of the molecule is NC(=O)N[C@H](COC/C=C\c1nc(Cl)cc2cnn(C(F)F)c12)c1ccccc1. The number of halogens is 3. The molecule has 0 spiro atoms. The summed E-state index contributed by atoms with van der Waals surface area (Å²) in [5.74, 6) is 0. The van der Waals surface area contributed by atoms with Crippen molar-refractivity contribution in [3.63, 3.8) is 0 Å². The molecule has 0 radical (unpaired) electrons. The molecule has 0 aliphatic rings. The van der Waals surface area contributed by atoms with Gasteiger partial charge in [-0.1, -0.05) is 48.0 Å². The summed E-state index contributed by atoms with van der Waals surface area (Å²) in [5, 5.41) is 6.92. The summed E-state index contributed by atoms with van der Waals surface area (Å²) in [4.78, 5) is 15.3. The first kappa shape index (κ1) is 20.7. The highest BCUT2D eigenvalue weighted by Crippen LogP contribution is 2.25. The van der Waals surface area contributed by atoms with E-state index in [1.54, 1.807) is 6.08 Å². The first-order chi connectivity index (χ1) is 14.0. The molecule has 1 atom stereocenters. The fraction of sp³-hybridized carbons (Fsp3) is 0.211. The van der Waals surface area contributed by atoms with Gasteiger partial charge in [-0.3, -0.25) is 0 Å². The standard InChI is InChI=1S/C19H18ClF2N5O2/c20-16-9-13-10-24-27(18(21)22)17(13)14(25-16)7-4-8-29-11-15(26-19(23)28)12-5-2-1-3-6-12/h1-7,9-10,15,18H,8,11H2,(H3,23,26,28)/b7-4-/t15-/m1/s1. The van der Waals surface area contributed by atoms with Crippen LogP contribution in [0, 0.1) is 0 Å². The topological polar surface area (TPSA) is 95.1 Å². The van der Waals surface area contributed by atoms with Crippen molar-refractivity contribution in [3.05, 3.63) is 65.1 Å². The third-order valence-electron chi connectivity index (χ3n) is 4.05. The molecule has 152 valence electrons. The van der Waals surface area contributed by atoms with E-state index in [0.717, 1.165) is 5.56 Å². The molecule has 0 aliphatic heterocycles. The predicted molar refractivity (Wildman–Crippen MR) is 106 cm³/mol. The van der Waals surface area contributed by atoms with E-state index in [0.29, 0.717) is 10.1 Å². The maximum atomic E-state index is 13.2. The van der Waals surface area contributed by atoms with E-state index in [4.69, 9.17) is 22.1 Å². The Morgan fingerprint density at radius 1 is 1.34 bits per heavy atom. The molecule has 3 N–H and O–H groups in total. The van der Waals surface area contributed by atoms with Gasteiger partial charge < -0.3 is 15.8 Å². The van der Waals surface area contributed by atoms with Crippen LogP contribution in [-0.2, 0) is 4.74 Å². The number of nitrogens with two attached hydrogens (primary N) is 1. The second kappa shape index (κ2) is 9.44. The first-order valence-electron chi connectivity index (χ1n) is 8.63. The minimum absolute atomic E-state index is 0.155. The number of hydrogen-bond acceptors (Lipinski definition) is 4. The highest BCUT2D eigenvalue weighted by molar-refractivity contribution is 6.30. The summed E-state index contributed by atoms with van der Waals surface area (Å²) >= 11 is 5.96. The average molecular weight is 422 g/mol. The van der Waals surface area contributed by atoms with Crippen molar-refractivity contribution >= 4 is 34.6 Å². The average Bonchev–Trinajstić information content (AvgIpc) is 3.11. The van der Waals surface area contributed by atoms with Crippen LogP contribution in [0.25, 0.3) is 17.0 Å². The number of pyridine rings is 1. The zero-order valence-corrected chi connectivity index (χ0v) is 15.9. The summed E-state index contributed by atoms with van der Waals surface area (Å²) in [6, 6.07) is 9.62. The summed E-state index contributed by atoms with van der Waals surface area (Å²) in [7, 11) is 0. The highest BCUT2D eigenvalue weighted by atomic mass is 35.5. The van der Waals surface area contributed by atoms with Crippen molar-refractivity contribution in [1.29, 1.82) is 0 Å². The van der Waals surface area contributed by atoms with Crippen molar-refractivity contribution in [2.45, 2.75) is 12.6 Å². The molecule has 0 unspecified atom stereocenters. The third kappa shape index (κ3) is 5.27. The molecule has 2 aromatic heterocycles. The second-order valence-electron chi connectivity index (χ2n) is 6.05. The van der Waals surface area contributed by atoms with Gasteiger partial charge in [-0.25, -0.2) is 14.5 Å². The lowest BCUT2D eigenvalue weighted by atomic mass is 10.1. The number of nitrogens with one attached hydrogen (secondary N) is 1. The van der Waals surface area contributed by atoms with E-state index in [2.05, 4.69) is 15.4 Å². The number of urea groups is 1. The van der Waals surface area contributed by atoms with Gasteiger partial charge in [0, 0.05) is 5.39 Å². The number of alkyl halides is 2. The Kier molecular flexibility index (Phi) is 6.73. The molecule has 0 bridgehead atoms. The van der Waals surface area contributed by atoms with Crippen LogP contribution in [0.1, 0.15) is 23.8 Å². The van der Waals surface area contributed by atoms with Crippen LogP contribution < -0.4 is 11.1 Å². The highest BCUT2D eigenvalue weighted by Gasteiger charge is 2.16. The molecule has 0 saturated heterocycles. The van der Waals surface area contributed by atoms with Crippen LogP contribution in [0.2, 0.25) is 5.15 Å². The van der Waals surface area contributed by atoms with E-state index < -0.39 is 18.6 Å². The van der Waals surface area contributed by atoms with Gasteiger partial charge in [0.05, 0.1) is 31.1 Å². The molecule has 1 aromatic carbocycles. The van der Waals surface area contributed by atoms with Gasteiger partial charge >= 0.3 is 12.6 Å². The molecule has 2 amide bonds. The molecule has 3 rings (SSSR count). The monoisotopic (exact) mass is 421 g/mol. The molecule has 0 fully saturated rings. The number of rotatable bonds is 8. The lowest BCUT2D eigenvalue weighted by Crippen LogP contribution is -2.35. The molecule has 10 heteroatoms. The minimum atomic E-state index is -2.80. The summed E-state index contributed by atoms with van der Waals surface area (Å²) in [6.45, 7) is -2.47. The van der Waals surface area contributed by atoms with Crippen molar-refractivity contribution in [2.24, 2.45) is 5.73 Å². The van der Waals surface area contributed by atoms with Gasteiger partial charge in [0.15, 0.2) is 0 Å². The zero-order valence-electron chi connectivity index (χ0n) is 15.1. The lowest BCUT2D eigenvalue weighted by molar-refractivity contribution is 0.0614. The maximum absolute atomic E-state index is 13.2. The van der Waals surface area contributed by atoms with E-state index >= 15 is 0 Å². The van der Waals surface area contributed by atoms with E-state index in [-0.39, 0.29) is 29.6 Å². The molecule has 0 aliphatic carbocycles. The summed E-state index contributed by atoms with van der Waals surface area (Å²) in [6.07, 6.45) is 4.46. The molecular formula is C19H18ClF2N5O2. The van der Waals surface area contributed by atoms with Gasteiger partial charge in [0.25, 0.3) is 0 Å². The van der Waals surface area contributed by atoms with E-state index in [1.165, 1.54) is 18.3 Å². The molecule has 0 saturated carbocycles. The Morgan fingerprint density at radius 3 is 2.79 bits per heavy atom. The van der Waals surface area contributed by atoms with Crippen LogP contribution in [0.5, 0.6) is 0 Å². The molecule has 7 nitrogen and oxygen atoms in total. The molecule has 3 aromatic rings. The largest absolute Gasteiger partial charge is 0.375 e. The molecular weight excluding hydrogens is 404 g/mol. The quantitative estimate of drug-likeness (QED) is 0.425. The Hall–Kier alpha value is -3.04. The number of primary amides is 1. The Balaban J connectivity index is 1.68. The number of amides is 2. The molecule has 29 heavy (non-hydrogen) atoms. The Bertz CT molecular complexity index is 1010. The van der Waals surface area contributed by atoms with Crippen LogP contribution >= 0.6 is 11.6 Å². The van der Waals surface area contributed by atoms with Crippen LogP contribution in [0.3, 0.4) is 0 Å². The lowest BCUT2D eigenvalue weighted by Gasteiger charge is -2.17. The van der Waals surface area contributed by atoms with Crippen molar-refractivity contribution < 1.29 is 18.3 Å². The summed E-state index contributed by atoms with van der Waals surface area (Å²) < 4.78 is 32.5. The van der Waals surface area contributed by atoms with Gasteiger partial charge in [0.1, 0.15) is 10.7 Å². The predicted octanol–water partition coefficient (Wildman–Crippen LogP) is 3.92. The maximum Gasteiger partial charge on any atom is 0.333 e. The van der Waals surface area contributed by atoms with E-state index in [1.807, 2.05) is 30.3 Å². The zero-order chi connectivity index (χ0) is 20.8. The number of hydrogen-bond donors (Lipinski definition) is 2. The normalized spacial score (nSPS) is 12.7. The van der Waals surface area contributed by atoms with Crippen molar-refractivity contribution in [3.8, 4) is 0 Å². The van der Waals surface area contributed by atoms with Gasteiger partial charge in [-0.2, -0.15) is 13.9 Å². The number of fused-ring (bicyclic) bond motifs is 1. The van der Waals surface area contributed by atoms with Crippen LogP contribution in [-0.4, -0.2) is 34.0 Å². The minimum Gasteiger partial charge on any atom is -0.375 e. The van der Waals surface area contributed by atoms with Crippen molar-refractivity contribution in [1.82, 2.24) is 20.1 Å². The third-order valence-corrected chi connectivity index (χ3v) is 4.24. The fourth-order valence-corrected chi connectivity index (χ4v) is 3.04. The van der Waals surface area contributed by atoms with Gasteiger partial charge in [-0.05, 0) is 17.7 Å². The first-order valence-corrected chi connectivity index (χ1v) is 9.00. The molecule has 2 heterocycles. The van der Waals surface area contributed by atoms with Crippen LogP contribution in [0.4, 0.5) is 13.6 Å². The number of carbonyl (C=O) groups is 1. The van der Waals surface area contributed by atoms with Gasteiger partial charge in [0.2, 0.25) is 0 Å². The number of ether oxygens (including phenoxy) is 1. The van der Waals surface area contributed by atoms with E-state index in [9.17, 15) is 13.6 Å². The Labute approximate surface area is 170 Å². The Morgan fingerprint density at radius 2 is 2.10 bits per heavy atom. The number of aromatic nitrogens is 3. The van der Waals surface area contributed by atoms with Crippen LogP contribution in [0.15, 0.2) is 48.7 Å². The summed E-state index contributed by atoms with van der Waals surface area (Å²) in [5.41, 5.74) is 6.50. The second-order valence-corrected chi connectivity index (χ2v) is 6.43. The van der Waals surface area contributed by atoms with Crippen molar-refractivity contribution in [2.75, 3.05) is 13.2 Å². The smallest absolute Gasteiger partial charge is 0.333 e. The number of nitrogens with zero attached hydrogens (tertiary/aromatic N) is 3. The number of carbonyl (C=O) groups excluding carboxylic acids is 1. The fourth-order valence-electron chi connectivity index (χ4n) is 2.83.